The van der Waals surface area contributed by atoms with Crippen LogP contribution < -0.4 is 10.6 Å². The van der Waals surface area contributed by atoms with Crippen LogP contribution in [0.2, 0.25) is 0 Å². The fourth-order valence-corrected chi connectivity index (χ4v) is 3.07. The maximum Gasteiger partial charge on any atom is 0.239 e. The Balaban J connectivity index is 1.87. The van der Waals surface area contributed by atoms with Crippen LogP contribution in [0, 0.1) is 0 Å². The highest BCUT2D eigenvalue weighted by atomic mass is 32.2. The van der Waals surface area contributed by atoms with Crippen LogP contribution in [0.1, 0.15) is 39.2 Å². The minimum atomic E-state index is -0.247. The van der Waals surface area contributed by atoms with E-state index in [0.717, 1.165) is 24.9 Å². The second-order valence-electron chi connectivity index (χ2n) is 6.43. The third-order valence-electron chi connectivity index (χ3n) is 3.67. The number of nitrogens with one attached hydrogen (secondary N) is 2. The molecule has 1 aromatic heterocycles. The van der Waals surface area contributed by atoms with Crippen molar-refractivity contribution < 1.29 is 9.59 Å². The molecule has 0 fully saturated rings. The molecule has 27 heavy (non-hydrogen) atoms. The van der Waals surface area contributed by atoms with E-state index in [-0.39, 0.29) is 30.2 Å². The van der Waals surface area contributed by atoms with Gasteiger partial charge in [-0.1, -0.05) is 37.2 Å². The molecule has 0 saturated heterocycles. The third-order valence-corrected chi connectivity index (χ3v) is 4.59. The Morgan fingerprint density at radius 2 is 1.93 bits per heavy atom. The second kappa shape index (κ2) is 10.7. The maximum absolute atomic E-state index is 11.9. The van der Waals surface area contributed by atoms with Crippen LogP contribution in [-0.2, 0) is 16.0 Å². The lowest BCUT2D eigenvalue weighted by atomic mass is 10.1. The van der Waals surface area contributed by atoms with Crippen LogP contribution >= 0.6 is 11.8 Å². The Hall–Kier alpha value is -2.42. The summed E-state index contributed by atoms with van der Waals surface area (Å²) >= 11 is 1.22. The SMILES string of the molecule is CCCCc1ccc(-n2nnnc2SCC(=O)NCC(=O)NC(C)C)cc1. The summed E-state index contributed by atoms with van der Waals surface area (Å²) < 4.78 is 1.60. The molecule has 2 N–H and O–H groups in total. The fourth-order valence-electron chi connectivity index (χ4n) is 2.35. The number of aryl methyl sites for hydroxylation is 1. The number of thioether (sulfide) groups is 1. The highest BCUT2D eigenvalue weighted by Gasteiger charge is 2.12. The van der Waals surface area contributed by atoms with Crippen LogP contribution in [-0.4, -0.2) is 50.4 Å². The Bertz CT molecular complexity index is 745. The lowest BCUT2D eigenvalue weighted by Gasteiger charge is -2.09. The molecule has 2 aromatic rings. The zero-order valence-corrected chi connectivity index (χ0v) is 16.8. The van der Waals surface area contributed by atoms with E-state index >= 15 is 0 Å². The molecule has 0 atom stereocenters. The first-order chi connectivity index (χ1) is 13.0. The molecular weight excluding hydrogens is 364 g/mol. The van der Waals surface area contributed by atoms with Gasteiger partial charge < -0.3 is 10.6 Å². The number of aromatic nitrogens is 4. The van der Waals surface area contributed by atoms with E-state index in [0.29, 0.717) is 5.16 Å². The molecule has 0 spiro atoms. The number of carbonyl (C=O) groups excluding carboxylic acids is 2. The lowest BCUT2D eigenvalue weighted by molar-refractivity contribution is -0.125. The summed E-state index contributed by atoms with van der Waals surface area (Å²) in [6.45, 7) is 5.87. The summed E-state index contributed by atoms with van der Waals surface area (Å²) in [5.41, 5.74) is 2.13. The summed E-state index contributed by atoms with van der Waals surface area (Å²) in [4.78, 5) is 23.5. The average Bonchev–Trinajstić information content (AvgIpc) is 3.11. The third kappa shape index (κ3) is 7.01. The quantitative estimate of drug-likeness (QED) is 0.599. The van der Waals surface area contributed by atoms with Crippen LogP contribution in [0.15, 0.2) is 29.4 Å². The topological polar surface area (TPSA) is 102 Å². The van der Waals surface area contributed by atoms with Gasteiger partial charge in [0.25, 0.3) is 0 Å². The van der Waals surface area contributed by atoms with Gasteiger partial charge in [0.05, 0.1) is 18.0 Å². The monoisotopic (exact) mass is 390 g/mol. The minimum Gasteiger partial charge on any atom is -0.352 e. The van der Waals surface area contributed by atoms with E-state index in [2.05, 4.69) is 45.2 Å². The maximum atomic E-state index is 11.9. The van der Waals surface area contributed by atoms with Crippen LogP contribution in [0.25, 0.3) is 5.69 Å². The van der Waals surface area contributed by atoms with Crippen molar-refractivity contribution in [3.63, 3.8) is 0 Å². The first-order valence-electron chi connectivity index (χ1n) is 9.06. The molecule has 0 aliphatic heterocycles. The van der Waals surface area contributed by atoms with Crippen LogP contribution in [0.5, 0.6) is 0 Å². The highest BCUT2D eigenvalue weighted by Crippen LogP contribution is 2.18. The predicted octanol–water partition coefficient (Wildman–Crippen LogP) is 1.74. The molecule has 2 rings (SSSR count). The van der Waals surface area contributed by atoms with E-state index in [1.807, 2.05) is 26.0 Å². The number of hydrogen-bond acceptors (Lipinski definition) is 6. The van der Waals surface area contributed by atoms with Crippen molar-refractivity contribution in [1.29, 1.82) is 0 Å². The van der Waals surface area contributed by atoms with Gasteiger partial charge in [-0.2, -0.15) is 4.68 Å². The van der Waals surface area contributed by atoms with E-state index in [1.165, 1.54) is 17.3 Å². The van der Waals surface area contributed by atoms with Crippen molar-refractivity contribution in [2.75, 3.05) is 12.3 Å². The van der Waals surface area contributed by atoms with Crippen molar-refractivity contribution in [1.82, 2.24) is 30.8 Å². The number of amides is 2. The minimum absolute atomic E-state index is 0.0399. The number of hydrogen-bond donors (Lipinski definition) is 2. The standard InChI is InChI=1S/C18H26N6O2S/c1-4-5-6-14-7-9-15(10-8-14)24-18(21-22-23-24)27-12-17(26)19-11-16(25)20-13(2)3/h7-10,13H,4-6,11-12H2,1-3H3,(H,19,26)(H,20,25). The van der Waals surface area contributed by atoms with E-state index in [1.54, 1.807) is 4.68 Å². The van der Waals surface area contributed by atoms with Crippen LogP contribution in [0.4, 0.5) is 0 Å². The van der Waals surface area contributed by atoms with Crippen molar-refractivity contribution in [3.8, 4) is 5.69 Å². The summed E-state index contributed by atoms with van der Waals surface area (Å²) in [6, 6.07) is 8.13. The van der Waals surface area contributed by atoms with Crippen molar-refractivity contribution in [2.45, 2.75) is 51.2 Å². The number of rotatable bonds is 10. The van der Waals surface area contributed by atoms with Gasteiger partial charge in [0.1, 0.15) is 0 Å². The number of nitrogens with zero attached hydrogens (tertiary/aromatic N) is 4. The largest absolute Gasteiger partial charge is 0.352 e. The summed E-state index contributed by atoms with van der Waals surface area (Å²) in [7, 11) is 0. The molecule has 1 aromatic carbocycles. The number of benzene rings is 1. The van der Waals surface area contributed by atoms with Gasteiger partial charge in [0.15, 0.2) is 0 Å². The number of unbranched alkanes of at least 4 members (excludes halogenated alkanes) is 1. The normalized spacial score (nSPS) is 10.8. The molecule has 9 heteroatoms. The first-order valence-corrected chi connectivity index (χ1v) is 10.0. The Labute approximate surface area is 163 Å². The van der Waals surface area contributed by atoms with Gasteiger partial charge in [-0.05, 0) is 54.8 Å². The molecule has 2 amide bonds. The van der Waals surface area contributed by atoms with Crippen molar-refractivity contribution >= 4 is 23.6 Å². The van der Waals surface area contributed by atoms with E-state index < -0.39 is 0 Å². The molecule has 0 bridgehead atoms. The Kier molecular flexibility index (Phi) is 8.25. The summed E-state index contributed by atoms with van der Waals surface area (Å²) in [5, 5.41) is 17.5. The van der Waals surface area contributed by atoms with Crippen molar-refractivity contribution in [2.24, 2.45) is 0 Å². The van der Waals surface area contributed by atoms with Gasteiger partial charge in [0.2, 0.25) is 17.0 Å². The number of tetrazole rings is 1. The van der Waals surface area contributed by atoms with Crippen molar-refractivity contribution in [3.05, 3.63) is 29.8 Å². The lowest BCUT2D eigenvalue weighted by Crippen LogP contribution is -2.40. The van der Waals surface area contributed by atoms with Gasteiger partial charge in [-0.3, -0.25) is 9.59 Å². The summed E-state index contributed by atoms with van der Waals surface area (Å²) in [5.74, 6) is -0.330. The Morgan fingerprint density at radius 1 is 1.19 bits per heavy atom. The highest BCUT2D eigenvalue weighted by molar-refractivity contribution is 7.99. The average molecular weight is 391 g/mol. The van der Waals surface area contributed by atoms with Gasteiger partial charge in [-0.25, -0.2) is 0 Å². The molecule has 8 nitrogen and oxygen atoms in total. The van der Waals surface area contributed by atoms with Gasteiger partial charge in [0, 0.05) is 6.04 Å². The number of carbonyl (C=O) groups is 2. The molecule has 0 unspecified atom stereocenters. The molecule has 0 saturated carbocycles. The molecular formula is C18H26N6O2S. The first kappa shape index (κ1) is 20.9. The Morgan fingerprint density at radius 3 is 2.59 bits per heavy atom. The molecule has 1 heterocycles. The second-order valence-corrected chi connectivity index (χ2v) is 7.37. The molecule has 0 aliphatic rings. The molecule has 146 valence electrons. The van der Waals surface area contributed by atoms with Gasteiger partial charge >= 0.3 is 0 Å². The zero-order chi connectivity index (χ0) is 19.6. The van der Waals surface area contributed by atoms with E-state index in [9.17, 15) is 9.59 Å². The van der Waals surface area contributed by atoms with Gasteiger partial charge in [-0.15, -0.1) is 5.10 Å². The zero-order valence-electron chi connectivity index (χ0n) is 15.9. The van der Waals surface area contributed by atoms with E-state index in [4.69, 9.17) is 0 Å². The fraction of sp³-hybridized carbons (Fsp3) is 0.500. The van der Waals surface area contributed by atoms with Crippen LogP contribution in [0.3, 0.4) is 0 Å². The molecule has 0 radical (unpaired) electrons. The predicted molar refractivity (Wildman–Crippen MR) is 105 cm³/mol. The smallest absolute Gasteiger partial charge is 0.239 e. The molecule has 0 aliphatic carbocycles. The summed E-state index contributed by atoms with van der Waals surface area (Å²) in [6.07, 6.45) is 3.38.